The number of fused-ring (bicyclic) bond motifs is 2. The molecule has 6 nitrogen and oxygen atoms in total. The van der Waals surface area contributed by atoms with Gasteiger partial charge in [0.05, 0.1) is 12.2 Å². The third kappa shape index (κ3) is 2.87. The molecular weight excluding hydrogens is 369 g/mol. The zero-order chi connectivity index (χ0) is 17.7. The Kier molecular flexibility index (Phi) is 4.57. The number of amides is 1. The number of hydrogen-bond acceptors (Lipinski definition) is 4. The molecule has 0 saturated carbocycles. The zero-order valence-corrected chi connectivity index (χ0v) is 15.3. The summed E-state index contributed by atoms with van der Waals surface area (Å²) in [6.07, 6.45) is 4.99. The molecule has 0 bridgehead atoms. The minimum Gasteiger partial charge on any atom is -0.331 e. The molecule has 2 saturated heterocycles. The van der Waals surface area contributed by atoms with Crippen molar-refractivity contribution >= 4 is 24.0 Å². The van der Waals surface area contributed by atoms with E-state index >= 15 is 0 Å². The van der Waals surface area contributed by atoms with E-state index in [1.165, 1.54) is 6.07 Å². The maximum absolute atomic E-state index is 13.8. The highest BCUT2D eigenvalue weighted by molar-refractivity contribution is 6.00. The number of rotatable bonds is 2. The van der Waals surface area contributed by atoms with Gasteiger partial charge in [-0.3, -0.25) is 4.79 Å². The number of benzene rings is 1. The summed E-state index contributed by atoms with van der Waals surface area (Å²) in [4.78, 5) is 19.5. The van der Waals surface area contributed by atoms with Gasteiger partial charge in [-0.25, -0.2) is 13.9 Å². The summed E-state index contributed by atoms with van der Waals surface area (Å²) in [5, 5.41) is 7.63. The maximum Gasteiger partial charge on any atom is 0.259 e. The van der Waals surface area contributed by atoms with Gasteiger partial charge in [0.2, 0.25) is 0 Å². The molecular formula is C19H19ClFN5O. The van der Waals surface area contributed by atoms with Crippen LogP contribution in [0.2, 0.25) is 0 Å². The molecule has 2 aliphatic heterocycles. The lowest BCUT2D eigenvalue weighted by atomic mass is 9.89. The first-order valence-electron chi connectivity index (χ1n) is 8.78. The molecule has 8 heteroatoms. The highest BCUT2D eigenvalue weighted by Gasteiger charge is 2.47. The van der Waals surface area contributed by atoms with Gasteiger partial charge in [-0.05, 0) is 29.7 Å². The lowest BCUT2D eigenvalue weighted by molar-refractivity contribution is 0.0715. The minimum atomic E-state index is -0.276. The molecule has 1 amide bonds. The van der Waals surface area contributed by atoms with Crippen LogP contribution in [0.5, 0.6) is 0 Å². The second kappa shape index (κ2) is 6.90. The van der Waals surface area contributed by atoms with Crippen molar-refractivity contribution < 1.29 is 9.18 Å². The standard InChI is InChI=1S/C19H18FN5O.ClH/c20-14-4-1-3-12(7-14)17-15-9-21-8-13(15)11-24(17)19(26)16-10-23-25-6-2-5-22-18(16)25;/h1-7,10,13,15,17,21H,8-9,11H2;1H/t13-,15-,17-;/m0./s1. The molecule has 140 valence electrons. The first-order chi connectivity index (χ1) is 12.7. The van der Waals surface area contributed by atoms with Crippen molar-refractivity contribution in [3.05, 3.63) is 65.9 Å². The largest absolute Gasteiger partial charge is 0.331 e. The molecule has 2 fully saturated rings. The van der Waals surface area contributed by atoms with E-state index in [1.807, 2.05) is 11.0 Å². The first-order valence-corrected chi connectivity index (χ1v) is 8.78. The predicted octanol–water partition coefficient (Wildman–Crippen LogP) is 2.32. The van der Waals surface area contributed by atoms with Gasteiger partial charge in [-0.2, -0.15) is 5.10 Å². The van der Waals surface area contributed by atoms with E-state index in [4.69, 9.17) is 0 Å². The Balaban J connectivity index is 0.00000180. The van der Waals surface area contributed by atoms with Crippen LogP contribution in [0, 0.1) is 17.7 Å². The van der Waals surface area contributed by atoms with E-state index in [-0.39, 0.29) is 36.1 Å². The van der Waals surface area contributed by atoms with E-state index in [1.54, 1.807) is 41.3 Å². The van der Waals surface area contributed by atoms with E-state index in [0.717, 1.165) is 18.7 Å². The fourth-order valence-corrected chi connectivity index (χ4v) is 4.38. The number of nitrogens with one attached hydrogen (secondary N) is 1. The van der Waals surface area contributed by atoms with Gasteiger partial charge in [0.25, 0.3) is 5.91 Å². The van der Waals surface area contributed by atoms with Crippen molar-refractivity contribution in [3.8, 4) is 0 Å². The lowest BCUT2D eigenvalue weighted by Gasteiger charge is -2.28. The molecule has 3 atom stereocenters. The molecule has 2 aliphatic rings. The van der Waals surface area contributed by atoms with Crippen LogP contribution in [0.4, 0.5) is 4.39 Å². The van der Waals surface area contributed by atoms with Gasteiger partial charge >= 0.3 is 0 Å². The van der Waals surface area contributed by atoms with Crippen LogP contribution >= 0.6 is 12.4 Å². The minimum absolute atomic E-state index is 0. The van der Waals surface area contributed by atoms with Crippen LogP contribution in [0.3, 0.4) is 0 Å². The third-order valence-electron chi connectivity index (χ3n) is 5.53. The van der Waals surface area contributed by atoms with Gasteiger partial charge in [0.15, 0.2) is 5.65 Å². The summed E-state index contributed by atoms with van der Waals surface area (Å²) < 4.78 is 15.4. The maximum atomic E-state index is 13.8. The first kappa shape index (κ1) is 17.9. The van der Waals surface area contributed by atoms with Crippen LogP contribution in [-0.2, 0) is 0 Å². The van der Waals surface area contributed by atoms with Crippen LogP contribution in [0.1, 0.15) is 22.0 Å². The fourth-order valence-electron chi connectivity index (χ4n) is 4.38. The summed E-state index contributed by atoms with van der Waals surface area (Å²) in [7, 11) is 0. The quantitative estimate of drug-likeness (QED) is 0.733. The van der Waals surface area contributed by atoms with Gasteiger partial charge in [0, 0.05) is 37.9 Å². The Morgan fingerprint density at radius 1 is 1.26 bits per heavy atom. The molecule has 3 aromatic rings. The molecule has 0 spiro atoms. The zero-order valence-electron chi connectivity index (χ0n) is 14.5. The van der Waals surface area contributed by atoms with Crippen molar-refractivity contribution in [2.75, 3.05) is 19.6 Å². The second-order valence-electron chi connectivity index (χ2n) is 6.99. The molecule has 1 aromatic carbocycles. The number of nitrogens with zero attached hydrogens (tertiary/aromatic N) is 4. The summed E-state index contributed by atoms with van der Waals surface area (Å²) in [5.74, 6) is 0.293. The highest BCUT2D eigenvalue weighted by Crippen LogP contribution is 2.43. The number of carbonyl (C=O) groups excluding carboxylic acids is 1. The Morgan fingerprint density at radius 3 is 3.00 bits per heavy atom. The normalized spacial score (nSPS) is 24.0. The molecule has 0 aliphatic carbocycles. The molecule has 2 aromatic heterocycles. The fraction of sp³-hybridized carbons (Fsp3) is 0.316. The monoisotopic (exact) mass is 387 g/mol. The van der Waals surface area contributed by atoms with Crippen LogP contribution in [0.25, 0.3) is 5.65 Å². The average Bonchev–Trinajstić information content (AvgIpc) is 3.34. The number of hydrogen-bond donors (Lipinski definition) is 1. The van der Waals surface area contributed by atoms with Gasteiger partial charge < -0.3 is 10.2 Å². The Bertz CT molecular complexity index is 993. The molecule has 4 heterocycles. The molecule has 0 unspecified atom stereocenters. The highest BCUT2D eigenvalue weighted by atomic mass is 35.5. The summed E-state index contributed by atoms with van der Waals surface area (Å²) in [6, 6.07) is 8.22. The van der Waals surface area contributed by atoms with Crippen molar-refractivity contribution in [2.45, 2.75) is 6.04 Å². The van der Waals surface area contributed by atoms with Crippen molar-refractivity contribution in [1.82, 2.24) is 24.8 Å². The number of carbonyl (C=O) groups is 1. The van der Waals surface area contributed by atoms with E-state index in [0.29, 0.717) is 23.7 Å². The number of likely N-dealkylation sites (tertiary alicyclic amines) is 1. The summed E-state index contributed by atoms with van der Waals surface area (Å²) in [5.41, 5.74) is 1.88. The van der Waals surface area contributed by atoms with Gasteiger partial charge in [-0.15, -0.1) is 12.4 Å². The van der Waals surface area contributed by atoms with Gasteiger partial charge in [0.1, 0.15) is 11.4 Å². The van der Waals surface area contributed by atoms with E-state index in [9.17, 15) is 9.18 Å². The smallest absolute Gasteiger partial charge is 0.259 e. The van der Waals surface area contributed by atoms with Crippen LogP contribution in [0.15, 0.2) is 48.9 Å². The molecule has 1 N–H and O–H groups in total. The molecule has 0 radical (unpaired) electrons. The summed E-state index contributed by atoms with van der Waals surface area (Å²) >= 11 is 0. The number of aromatic nitrogens is 3. The Morgan fingerprint density at radius 2 is 2.15 bits per heavy atom. The Labute approximate surface area is 161 Å². The van der Waals surface area contributed by atoms with Crippen LogP contribution in [-0.4, -0.2) is 45.0 Å². The van der Waals surface area contributed by atoms with Gasteiger partial charge in [-0.1, -0.05) is 12.1 Å². The third-order valence-corrected chi connectivity index (χ3v) is 5.53. The topological polar surface area (TPSA) is 62.5 Å². The molecule has 27 heavy (non-hydrogen) atoms. The summed E-state index contributed by atoms with van der Waals surface area (Å²) in [6.45, 7) is 2.37. The Hall–Kier alpha value is -2.51. The van der Waals surface area contributed by atoms with Crippen molar-refractivity contribution in [1.29, 1.82) is 0 Å². The van der Waals surface area contributed by atoms with E-state index in [2.05, 4.69) is 15.4 Å². The predicted molar refractivity (Wildman–Crippen MR) is 100 cm³/mol. The number of halogens is 2. The second-order valence-corrected chi connectivity index (χ2v) is 6.99. The molecule has 5 rings (SSSR count). The van der Waals surface area contributed by atoms with Crippen molar-refractivity contribution in [2.24, 2.45) is 11.8 Å². The van der Waals surface area contributed by atoms with E-state index < -0.39 is 0 Å². The SMILES string of the molecule is Cl.O=C(c1cnn2cccnc12)N1C[C@@H]2CNC[C@@H]2[C@@H]1c1cccc(F)c1. The lowest BCUT2D eigenvalue weighted by Crippen LogP contribution is -2.34. The average molecular weight is 388 g/mol. The van der Waals surface area contributed by atoms with Crippen molar-refractivity contribution in [3.63, 3.8) is 0 Å². The van der Waals surface area contributed by atoms with Crippen LogP contribution < -0.4 is 5.32 Å².